The van der Waals surface area contributed by atoms with E-state index in [0.29, 0.717) is 22.5 Å². The van der Waals surface area contributed by atoms with Crippen molar-refractivity contribution >= 4 is 33.0 Å². The monoisotopic (exact) mass is 441 g/mol. The van der Waals surface area contributed by atoms with E-state index >= 15 is 0 Å². The summed E-state index contributed by atoms with van der Waals surface area (Å²) >= 11 is 3.42. The number of fused-ring (bicyclic) bond motifs is 2. The molecule has 0 fully saturated rings. The lowest BCUT2D eigenvalue weighted by atomic mass is 9.95. The van der Waals surface area contributed by atoms with E-state index in [1.165, 1.54) is 4.68 Å². The van der Waals surface area contributed by atoms with E-state index in [1.807, 2.05) is 52.0 Å². The van der Waals surface area contributed by atoms with Gasteiger partial charge in [-0.1, -0.05) is 36.7 Å². The molecule has 0 atom stereocenters. The van der Waals surface area contributed by atoms with E-state index in [4.69, 9.17) is 14.5 Å². The lowest BCUT2D eigenvalue weighted by Gasteiger charge is -2.21. The largest absolute Gasteiger partial charge is 0.454 e. The smallest absolute Gasteiger partial charge is 0.282 e. The molecule has 0 saturated heterocycles. The second-order valence-corrected chi connectivity index (χ2v) is 8.69. The van der Waals surface area contributed by atoms with Crippen LogP contribution in [-0.2, 0) is 5.41 Å². The molecule has 6 nitrogen and oxygen atoms in total. The molecular formula is C21H20BrN3O3. The standard InChI is InChI=1S/C21H20BrN3O3/c1-12-7-17-18(28-11-27-17)8-13(12)10-23-25-19(26)15-9-14(22)5-6-16(15)24-20(25)21(2,3)4/h5-10H,11H2,1-4H3. The van der Waals surface area contributed by atoms with Crippen molar-refractivity contribution in [1.82, 2.24) is 9.66 Å². The van der Waals surface area contributed by atoms with E-state index in [2.05, 4.69) is 21.0 Å². The molecule has 1 aliphatic rings. The number of hydrogen-bond donors (Lipinski definition) is 0. The van der Waals surface area contributed by atoms with Gasteiger partial charge in [-0.05, 0) is 42.8 Å². The maximum absolute atomic E-state index is 13.2. The molecule has 0 N–H and O–H groups in total. The molecule has 3 aromatic rings. The predicted octanol–water partition coefficient (Wildman–Crippen LogP) is 4.38. The Kier molecular flexibility index (Phi) is 4.50. The molecule has 0 spiro atoms. The summed E-state index contributed by atoms with van der Waals surface area (Å²) < 4.78 is 13.1. The molecule has 0 aliphatic carbocycles. The highest BCUT2D eigenvalue weighted by Crippen LogP contribution is 2.34. The lowest BCUT2D eigenvalue weighted by molar-refractivity contribution is 0.174. The first-order valence-corrected chi connectivity index (χ1v) is 9.71. The minimum atomic E-state index is -0.359. The summed E-state index contributed by atoms with van der Waals surface area (Å²) in [6, 6.07) is 9.27. The molecular weight excluding hydrogens is 422 g/mol. The van der Waals surface area contributed by atoms with Gasteiger partial charge in [-0.25, -0.2) is 4.98 Å². The average molecular weight is 442 g/mol. The second kappa shape index (κ2) is 6.74. The average Bonchev–Trinajstić information content (AvgIpc) is 3.07. The van der Waals surface area contributed by atoms with Gasteiger partial charge in [0, 0.05) is 15.5 Å². The van der Waals surface area contributed by atoms with Crippen LogP contribution < -0.4 is 15.0 Å². The fourth-order valence-electron chi connectivity index (χ4n) is 3.06. The van der Waals surface area contributed by atoms with Crippen molar-refractivity contribution < 1.29 is 9.47 Å². The molecule has 4 rings (SSSR count). The van der Waals surface area contributed by atoms with Gasteiger partial charge in [-0.3, -0.25) is 4.79 Å². The van der Waals surface area contributed by atoms with Gasteiger partial charge >= 0.3 is 0 Å². The highest BCUT2D eigenvalue weighted by atomic mass is 79.9. The zero-order valence-corrected chi connectivity index (χ0v) is 17.7. The van der Waals surface area contributed by atoms with Crippen LogP contribution in [0.15, 0.2) is 44.7 Å². The Balaban J connectivity index is 1.89. The van der Waals surface area contributed by atoms with Crippen molar-refractivity contribution in [2.24, 2.45) is 5.10 Å². The third kappa shape index (κ3) is 3.30. The van der Waals surface area contributed by atoms with Gasteiger partial charge in [0.25, 0.3) is 5.56 Å². The summed E-state index contributed by atoms with van der Waals surface area (Å²) in [6.45, 7) is 8.21. The fourth-order valence-corrected chi connectivity index (χ4v) is 3.42. The summed E-state index contributed by atoms with van der Waals surface area (Å²) in [5, 5.41) is 5.03. The molecule has 7 heteroatoms. The minimum Gasteiger partial charge on any atom is -0.454 e. The first kappa shape index (κ1) is 18.7. The molecule has 0 bridgehead atoms. The molecule has 2 aromatic carbocycles. The van der Waals surface area contributed by atoms with E-state index in [1.54, 1.807) is 12.3 Å². The highest BCUT2D eigenvalue weighted by molar-refractivity contribution is 9.10. The number of hydrogen-bond acceptors (Lipinski definition) is 5. The number of ether oxygens (including phenoxy) is 2. The van der Waals surface area contributed by atoms with Gasteiger partial charge in [0.05, 0.1) is 17.1 Å². The van der Waals surface area contributed by atoms with Crippen molar-refractivity contribution in [3.05, 3.63) is 62.1 Å². The van der Waals surface area contributed by atoms with Crippen molar-refractivity contribution in [2.45, 2.75) is 33.1 Å². The Labute approximate surface area is 170 Å². The molecule has 0 unspecified atom stereocenters. The molecule has 0 saturated carbocycles. The third-order valence-corrected chi connectivity index (χ3v) is 5.05. The first-order chi connectivity index (χ1) is 13.2. The number of rotatable bonds is 2. The lowest BCUT2D eigenvalue weighted by Crippen LogP contribution is -2.29. The van der Waals surface area contributed by atoms with Crippen molar-refractivity contribution in [2.75, 3.05) is 6.79 Å². The number of benzene rings is 2. The number of nitrogens with zero attached hydrogens (tertiary/aromatic N) is 3. The third-order valence-electron chi connectivity index (χ3n) is 4.55. The highest BCUT2D eigenvalue weighted by Gasteiger charge is 2.23. The SMILES string of the molecule is Cc1cc2c(cc1C=Nn1c(C(C)(C)C)nc3ccc(Br)cc3c1=O)OCO2. The number of aryl methyl sites for hydroxylation is 1. The molecule has 1 aliphatic heterocycles. The Morgan fingerprint density at radius 3 is 2.61 bits per heavy atom. The van der Waals surface area contributed by atoms with Gasteiger partial charge in [-0.15, -0.1) is 0 Å². The van der Waals surface area contributed by atoms with Crippen LogP contribution in [-0.4, -0.2) is 22.7 Å². The molecule has 28 heavy (non-hydrogen) atoms. The molecule has 0 radical (unpaired) electrons. The summed E-state index contributed by atoms with van der Waals surface area (Å²) in [7, 11) is 0. The normalized spacial score (nSPS) is 13.6. The fraction of sp³-hybridized carbons (Fsp3) is 0.286. The van der Waals surface area contributed by atoms with Crippen LogP contribution in [0.2, 0.25) is 0 Å². The summed E-state index contributed by atoms with van der Waals surface area (Å²) in [5.74, 6) is 2.00. The maximum Gasteiger partial charge on any atom is 0.282 e. The van der Waals surface area contributed by atoms with Crippen LogP contribution in [0, 0.1) is 6.92 Å². The van der Waals surface area contributed by atoms with E-state index in [-0.39, 0.29) is 17.8 Å². The molecule has 144 valence electrons. The van der Waals surface area contributed by atoms with Gasteiger partial charge in [0.15, 0.2) is 11.5 Å². The second-order valence-electron chi connectivity index (χ2n) is 7.77. The van der Waals surface area contributed by atoms with Crippen molar-refractivity contribution in [1.29, 1.82) is 0 Å². The van der Waals surface area contributed by atoms with Crippen LogP contribution >= 0.6 is 15.9 Å². The van der Waals surface area contributed by atoms with Gasteiger partial charge in [0.2, 0.25) is 6.79 Å². The Morgan fingerprint density at radius 2 is 1.89 bits per heavy atom. The summed E-state index contributed by atoms with van der Waals surface area (Å²) in [6.07, 6.45) is 1.67. The molecule has 1 aromatic heterocycles. The zero-order chi connectivity index (χ0) is 20.1. The zero-order valence-electron chi connectivity index (χ0n) is 16.1. The quantitative estimate of drug-likeness (QED) is 0.553. The number of halogens is 1. The van der Waals surface area contributed by atoms with Crippen molar-refractivity contribution in [3.8, 4) is 11.5 Å². The molecule has 2 heterocycles. The Morgan fingerprint density at radius 1 is 1.18 bits per heavy atom. The summed E-state index contributed by atoms with van der Waals surface area (Å²) in [5.41, 5.74) is 1.93. The number of aromatic nitrogens is 2. The van der Waals surface area contributed by atoms with Crippen LogP contribution in [0.3, 0.4) is 0 Å². The van der Waals surface area contributed by atoms with Gasteiger partial charge in [0.1, 0.15) is 5.82 Å². The Hall–Kier alpha value is -2.67. The van der Waals surface area contributed by atoms with Crippen molar-refractivity contribution in [3.63, 3.8) is 0 Å². The van der Waals surface area contributed by atoms with E-state index < -0.39 is 0 Å². The minimum absolute atomic E-state index is 0.203. The summed E-state index contributed by atoms with van der Waals surface area (Å²) in [4.78, 5) is 17.9. The van der Waals surface area contributed by atoms with E-state index in [0.717, 1.165) is 21.3 Å². The van der Waals surface area contributed by atoms with Gasteiger partial charge < -0.3 is 9.47 Å². The van der Waals surface area contributed by atoms with Crippen LogP contribution in [0.4, 0.5) is 0 Å². The van der Waals surface area contributed by atoms with Gasteiger partial charge in [-0.2, -0.15) is 9.78 Å². The Bertz CT molecular complexity index is 1180. The van der Waals surface area contributed by atoms with Crippen LogP contribution in [0.25, 0.3) is 10.9 Å². The van der Waals surface area contributed by atoms with Crippen LogP contribution in [0.5, 0.6) is 11.5 Å². The first-order valence-electron chi connectivity index (χ1n) is 8.91. The van der Waals surface area contributed by atoms with E-state index in [9.17, 15) is 4.79 Å². The van der Waals surface area contributed by atoms with Crippen LogP contribution in [0.1, 0.15) is 37.7 Å². The molecule has 0 amide bonds. The topological polar surface area (TPSA) is 65.7 Å². The maximum atomic E-state index is 13.2. The predicted molar refractivity (Wildman–Crippen MR) is 113 cm³/mol.